The molecule has 1 atom stereocenters. The van der Waals surface area contributed by atoms with Crippen LogP contribution in [0.2, 0.25) is 0 Å². The third-order valence-electron chi connectivity index (χ3n) is 4.11. The summed E-state index contributed by atoms with van der Waals surface area (Å²) in [5.74, 6) is 0. The Bertz CT molecular complexity index is 454. The Morgan fingerprint density at radius 3 is 2.47 bits per heavy atom. The van der Waals surface area contributed by atoms with Crippen LogP contribution in [0.3, 0.4) is 0 Å². The molecule has 0 bridgehead atoms. The summed E-state index contributed by atoms with van der Waals surface area (Å²) in [4.78, 5) is 14.8. The molecule has 0 spiro atoms. The van der Waals surface area contributed by atoms with Crippen molar-refractivity contribution in [2.24, 2.45) is 4.99 Å². The molecule has 1 aromatic rings. The van der Waals surface area contributed by atoms with Gasteiger partial charge in [-0.3, -0.25) is 0 Å². The highest BCUT2D eigenvalue weighted by atomic mass is 16.5. The summed E-state index contributed by atoms with van der Waals surface area (Å²) < 4.78 is 5.27. The lowest BCUT2D eigenvalue weighted by Gasteiger charge is -2.23. The summed E-state index contributed by atoms with van der Waals surface area (Å²) in [5.41, 5.74) is 2.08. The standard InChI is InChI=1S/C16H21NO2/c1-13(19-2)11-14-5-7-15(8-6-14)16(17-12-18)9-3-4-10-16/h5-8,13H,3-4,9-11H2,1-2H3. The zero-order valence-corrected chi connectivity index (χ0v) is 11.7. The van der Waals surface area contributed by atoms with Crippen LogP contribution in [-0.2, 0) is 21.5 Å². The lowest BCUT2D eigenvalue weighted by atomic mass is 9.88. The van der Waals surface area contributed by atoms with Gasteiger partial charge in [0.2, 0.25) is 6.08 Å². The van der Waals surface area contributed by atoms with E-state index in [1.165, 1.54) is 5.56 Å². The van der Waals surface area contributed by atoms with Gasteiger partial charge >= 0.3 is 0 Å². The van der Waals surface area contributed by atoms with Gasteiger partial charge in [0.15, 0.2) is 0 Å². The Labute approximate surface area is 114 Å². The van der Waals surface area contributed by atoms with E-state index >= 15 is 0 Å². The van der Waals surface area contributed by atoms with E-state index in [2.05, 4.69) is 36.2 Å². The van der Waals surface area contributed by atoms with Gasteiger partial charge in [0, 0.05) is 7.11 Å². The summed E-state index contributed by atoms with van der Waals surface area (Å²) in [7, 11) is 1.73. The van der Waals surface area contributed by atoms with Crippen molar-refractivity contribution < 1.29 is 9.53 Å². The molecule has 2 rings (SSSR count). The minimum Gasteiger partial charge on any atom is -0.381 e. The predicted molar refractivity (Wildman–Crippen MR) is 74.9 cm³/mol. The highest BCUT2D eigenvalue weighted by Gasteiger charge is 2.35. The van der Waals surface area contributed by atoms with Gasteiger partial charge in [-0.15, -0.1) is 0 Å². The normalized spacial score (nSPS) is 18.8. The van der Waals surface area contributed by atoms with Crippen LogP contribution < -0.4 is 0 Å². The molecule has 1 saturated carbocycles. The first-order valence-corrected chi connectivity index (χ1v) is 6.91. The summed E-state index contributed by atoms with van der Waals surface area (Å²) in [6.45, 7) is 2.06. The molecule has 1 aliphatic carbocycles. The number of hydrogen-bond donors (Lipinski definition) is 0. The summed E-state index contributed by atoms with van der Waals surface area (Å²) in [6, 6.07) is 8.43. The van der Waals surface area contributed by atoms with Crippen LogP contribution >= 0.6 is 0 Å². The molecule has 1 unspecified atom stereocenters. The summed E-state index contributed by atoms with van der Waals surface area (Å²) >= 11 is 0. The Kier molecular flexibility index (Phi) is 4.52. The zero-order valence-electron chi connectivity index (χ0n) is 11.7. The van der Waals surface area contributed by atoms with Crippen molar-refractivity contribution in [2.75, 3.05) is 7.11 Å². The number of nitrogens with zero attached hydrogens (tertiary/aromatic N) is 1. The second kappa shape index (κ2) is 6.14. The van der Waals surface area contributed by atoms with Crippen molar-refractivity contribution in [3.8, 4) is 0 Å². The Morgan fingerprint density at radius 2 is 1.95 bits per heavy atom. The number of carbonyl (C=O) groups excluding carboxylic acids is 1. The Balaban J connectivity index is 2.19. The van der Waals surface area contributed by atoms with Gasteiger partial charge in [0.1, 0.15) is 0 Å². The number of ether oxygens (including phenoxy) is 1. The molecule has 3 nitrogen and oxygen atoms in total. The lowest BCUT2D eigenvalue weighted by molar-refractivity contribution is 0.119. The lowest BCUT2D eigenvalue weighted by Crippen LogP contribution is -2.19. The third kappa shape index (κ3) is 3.12. The van der Waals surface area contributed by atoms with Crippen LogP contribution in [0, 0.1) is 0 Å². The minimum atomic E-state index is -0.312. The van der Waals surface area contributed by atoms with Crippen LogP contribution in [0.15, 0.2) is 29.3 Å². The summed E-state index contributed by atoms with van der Waals surface area (Å²) in [5, 5.41) is 0. The molecule has 0 heterocycles. The number of hydrogen-bond acceptors (Lipinski definition) is 3. The van der Waals surface area contributed by atoms with E-state index in [1.807, 2.05) is 0 Å². The van der Waals surface area contributed by atoms with Crippen molar-refractivity contribution in [3.63, 3.8) is 0 Å². The SMILES string of the molecule is COC(C)Cc1ccc(C2(N=C=O)CCCC2)cc1. The number of benzene rings is 1. The monoisotopic (exact) mass is 259 g/mol. The number of rotatable bonds is 5. The average Bonchev–Trinajstić information content (AvgIpc) is 2.89. The van der Waals surface area contributed by atoms with Crippen LogP contribution in [0.4, 0.5) is 0 Å². The van der Waals surface area contributed by atoms with Gasteiger partial charge < -0.3 is 4.74 Å². The molecule has 3 heteroatoms. The van der Waals surface area contributed by atoms with Gasteiger partial charge in [-0.25, -0.2) is 4.79 Å². The fourth-order valence-electron chi connectivity index (χ4n) is 2.88. The topological polar surface area (TPSA) is 38.7 Å². The van der Waals surface area contributed by atoms with Crippen LogP contribution in [0.1, 0.15) is 43.7 Å². The van der Waals surface area contributed by atoms with Crippen LogP contribution in [-0.4, -0.2) is 19.3 Å². The van der Waals surface area contributed by atoms with Gasteiger partial charge in [-0.1, -0.05) is 37.1 Å². The van der Waals surface area contributed by atoms with Crippen LogP contribution in [0.25, 0.3) is 0 Å². The number of aliphatic imine (C=N–C) groups is 1. The molecule has 102 valence electrons. The molecule has 0 saturated heterocycles. The van der Waals surface area contributed by atoms with E-state index in [-0.39, 0.29) is 11.6 Å². The highest BCUT2D eigenvalue weighted by molar-refractivity contribution is 5.39. The minimum absolute atomic E-state index is 0.222. The Morgan fingerprint density at radius 1 is 1.32 bits per heavy atom. The maximum Gasteiger partial charge on any atom is 0.235 e. The largest absolute Gasteiger partial charge is 0.381 e. The maximum atomic E-state index is 10.7. The number of methoxy groups -OCH3 is 1. The van der Waals surface area contributed by atoms with E-state index in [9.17, 15) is 4.79 Å². The molecule has 19 heavy (non-hydrogen) atoms. The molecule has 1 aromatic carbocycles. The zero-order chi connectivity index (χ0) is 13.7. The molecule has 1 fully saturated rings. The van der Waals surface area contributed by atoms with Crippen LogP contribution in [0.5, 0.6) is 0 Å². The van der Waals surface area contributed by atoms with Gasteiger partial charge in [-0.2, -0.15) is 4.99 Å². The van der Waals surface area contributed by atoms with Crippen molar-refractivity contribution in [1.29, 1.82) is 0 Å². The quantitative estimate of drug-likeness (QED) is 0.600. The van der Waals surface area contributed by atoms with E-state index < -0.39 is 0 Å². The first kappa shape index (κ1) is 14.0. The first-order chi connectivity index (χ1) is 9.20. The van der Waals surface area contributed by atoms with Crippen molar-refractivity contribution in [1.82, 2.24) is 0 Å². The van der Waals surface area contributed by atoms with E-state index in [4.69, 9.17) is 4.74 Å². The number of isocyanates is 1. The predicted octanol–water partition coefficient (Wildman–Crippen LogP) is 3.37. The van der Waals surface area contributed by atoms with Crippen molar-refractivity contribution >= 4 is 6.08 Å². The fourth-order valence-corrected chi connectivity index (χ4v) is 2.88. The third-order valence-corrected chi connectivity index (χ3v) is 4.11. The van der Waals surface area contributed by atoms with E-state index in [1.54, 1.807) is 13.2 Å². The first-order valence-electron chi connectivity index (χ1n) is 6.91. The maximum absolute atomic E-state index is 10.7. The average molecular weight is 259 g/mol. The van der Waals surface area contributed by atoms with E-state index in [0.29, 0.717) is 0 Å². The van der Waals surface area contributed by atoms with Crippen molar-refractivity contribution in [3.05, 3.63) is 35.4 Å². The molecule has 0 radical (unpaired) electrons. The molecular weight excluding hydrogens is 238 g/mol. The van der Waals surface area contributed by atoms with Gasteiger partial charge in [0.05, 0.1) is 11.6 Å². The molecule has 0 N–H and O–H groups in total. The highest BCUT2D eigenvalue weighted by Crippen LogP contribution is 2.42. The van der Waals surface area contributed by atoms with E-state index in [0.717, 1.165) is 37.7 Å². The van der Waals surface area contributed by atoms with Gasteiger partial charge in [0.25, 0.3) is 0 Å². The molecule has 1 aliphatic rings. The second-order valence-corrected chi connectivity index (χ2v) is 5.39. The van der Waals surface area contributed by atoms with Gasteiger partial charge in [-0.05, 0) is 37.3 Å². The Hall–Kier alpha value is -1.44. The molecule has 0 amide bonds. The second-order valence-electron chi connectivity index (χ2n) is 5.39. The smallest absolute Gasteiger partial charge is 0.235 e. The fraction of sp³-hybridized carbons (Fsp3) is 0.562. The molecule has 0 aromatic heterocycles. The summed E-state index contributed by atoms with van der Waals surface area (Å²) in [6.07, 6.45) is 7.06. The molecular formula is C16H21NO2. The van der Waals surface area contributed by atoms with Crippen molar-refractivity contribution in [2.45, 2.75) is 50.7 Å². The molecule has 0 aliphatic heterocycles.